The summed E-state index contributed by atoms with van der Waals surface area (Å²) in [6.45, 7) is 0.644. The number of rotatable bonds is 2. The number of esters is 1. The van der Waals surface area contributed by atoms with Crippen molar-refractivity contribution in [3.63, 3.8) is 0 Å². The number of terminal acetylenes is 1. The summed E-state index contributed by atoms with van der Waals surface area (Å²) in [5.41, 5.74) is 0. The van der Waals surface area contributed by atoms with Crippen molar-refractivity contribution in [2.75, 3.05) is 13.7 Å². The van der Waals surface area contributed by atoms with Crippen molar-refractivity contribution < 1.29 is 14.3 Å². The molecule has 0 bridgehead atoms. The highest BCUT2D eigenvalue weighted by Crippen LogP contribution is 2.19. The fraction of sp³-hybridized carbons (Fsp3) is 0.636. The van der Waals surface area contributed by atoms with Gasteiger partial charge in [0.15, 0.2) is 0 Å². The lowest BCUT2D eigenvalue weighted by Crippen LogP contribution is -2.44. The first kappa shape index (κ1) is 11.6. The molecule has 0 aliphatic carbocycles. The number of hydrogen-bond donors (Lipinski definition) is 0. The summed E-state index contributed by atoms with van der Waals surface area (Å²) >= 11 is 0. The van der Waals surface area contributed by atoms with E-state index in [1.54, 1.807) is 4.90 Å². The highest BCUT2D eigenvalue weighted by atomic mass is 16.5. The predicted molar refractivity (Wildman–Crippen MR) is 54.8 cm³/mol. The lowest BCUT2D eigenvalue weighted by molar-refractivity contribution is -0.143. The summed E-state index contributed by atoms with van der Waals surface area (Å²) in [7, 11) is 1.35. The van der Waals surface area contributed by atoms with Gasteiger partial charge in [-0.1, -0.05) is 0 Å². The number of likely N-dealkylation sites (tertiary alicyclic amines) is 1. The molecule has 0 radical (unpaired) electrons. The lowest BCUT2D eigenvalue weighted by Gasteiger charge is -2.33. The SMILES string of the molecule is C#CC(=O)N1CCCCC1CC(=O)OC. The molecule has 1 saturated heterocycles. The third kappa shape index (κ3) is 2.98. The normalized spacial score (nSPS) is 20.5. The van der Waals surface area contributed by atoms with Gasteiger partial charge < -0.3 is 9.64 Å². The number of amides is 1. The molecule has 0 aromatic carbocycles. The zero-order chi connectivity index (χ0) is 11.3. The maximum atomic E-state index is 11.4. The first-order valence-corrected chi connectivity index (χ1v) is 5.03. The number of nitrogens with zero attached hydrogens (tertiary/aromatic N) is 1. The van der Waals surface area contributed by atoms with Crippen LogP contribution < -0.4 is 0 Å². The Morgan fingerprint density at radius 3 is 2.87 bits per heavy atom. The maximum absolute atomic E-state index is 11.4. The van der Waals surface area contributed by atoms with Crippen LogP contribution >= 0.6 is 0 Å². The molecule has 1 heterocycles. The van der Waals surface area contributed by atoms with Crippen LogP contribution in [0.4, 0.5) is 0 Å². The molecule has 1 atom stereocenters. The highest BCUT2D eigenvalue weighted by molar-refractivity contribution is 5.93. The summed E-state index contributed by atoms with van der Waals surface area (Å²) < 4.78 is 4.59. The summed E-state index contributed by atoms with van der Waals surface area (Å²) in [6.07, 6.45) is 8.11. The molecule has 4 nitrogen and oxygen atoms in total. The second kappa shape index (κ2) is 5.40. The van der Waals surface area contributed by atoms with Crippen LogP contribution in [0.15, 0.2) is 0 Å². The number of ether oxygens (including phenoxy) is 1. The maximum Gasteiger partial charge on any atom is 0.307 e. The number of methoxy groups -OCH3 is 1. The smallest absolute Gasteiger partial charge is 0.307 e. The molecular formula is C11H15NO3. The van der Waals surface area contributed by atoms with Crippen LogP contribution in [0.1, 0.15) is 25.7 Å². The quantitative estimate of drug-likeness (QED) is 0.493. The molecule has 0 aromatic heterocycles. The molecule has 4 heteroatoms. The minimum Gasteiger partial charge on any atom is -0.469 e. The predicted octanol–water partition coefficient (Wildman–Crippen LogP) is 0.564. The molecule has 1 amide bonds. The molecule has 1 rings (SSSR count). The van der Waals surface area contributed by atoms with Crippen LogP contribution in [-0.4, -0.2) is 36.5 Å². The van der Waals surface area contributed by atoms with Crippen LogP contribution in [0.5, 0.6) is 0 Å². The van der Waals surface area contributed by atoms with Crippen LogP contribution in [0.2, 0.25) is 0 Å². The van der Waals surface area contributed by atoms with Gasteiger partial charge in [0.1, 0.15) is 0 Å². The molecule has 1 aliphatic heterocycles. The van der Waals surface area contributed by atoms with E-state index in [1.165, 1.54) is 7.11 Å². The Hall–Kier alpha value is -1.50. The molecule has 1 fully saturated rings. The second-order valence-corrected chi connectivity index (χ2v) is 3.57. The third-order valence-electron chi connectivity index (χ3n) is 2.64. The summed E-state index contributed by atoms with van der Waals surface area (Å²) in [6, 6.07) is -0.0882. The zero-order valence-corrected chi connectivity index (χ0v) is 8.86. The first-order valence-electron chi connectivity index (χ1n) is 5.03. The number of piperidine rings is 1. The Bertz CT molecular complexity index is 293. The van der Waals surface area contributed by atoms with Crippen molar-refractivity contribution in [2.24, 2.45) is 0 Å². The van der Waals surface area contributed by atoms with Gasteiger partial charge in [-0.25, -0.2) is 0 Å². The van der Waals surface area contributed by atoms with Gasteiger partial charge in [0.25, 0.3) is 5.91 Å². The molecule has 0 spiro atoms. The van der Waals surface area contributed by atoms with Crippen molar-refractivity contribution in [1.82, 2.24) is 4.90 Å². The lowest BCUT2D eigenvalue weighted by atomic mass is 9.99. The topological polar surface area (TPSA) is 46.6 Å². The van der Waals surface area contributed by atoms with E-state index in [1.807, 2.05) is 0 Å². The molecular weight excluding hydrogens is 194 g/mol. The summed E-state index contributed by atoms with van der Waals surface area (Å²) in [5.74, 6) is 1.47. The molecule has 0 aromatic rings. The molecule has 82 valence electrons. The van der Waals surface area contributed by atoms with E-state index in [4.69, 9.17) is 6.42 Å². The Morgan fingerprint density at radius 1 is 1.53 bits per heavy atom. The average molecular weight is 209 g/mol. The summed E-state index contributed by atoms with van der Waals surface area (Å²) in [4.78, 5) is 24.1. The number of carbonyl (C=O) groups is 2. The zero-order valence-electron chi connectivity index (χ0n) is 8.86. The Balaban J connectivity index is 2.62. The third-order valence-corrected chi connectivity index (χ3v) is 2.64. The van der Waals surface area contributed by atoms with Gasteiger partial charge in [0.2, 0.25) is 0 Å². The van der Waals surface area contributed by atoms with E-state index in [9.17, 15) is 9.59 Å². The minimum absolute atomic E-state index is 0.0882. The Morgan fingerprint density at radius 2 is 2.27 bits per heavy atom. The van der Waals surface area contributed by atoms with Gasteiger partial charge in [-0.2, -0.15) is 0 Å². The molecule has 0 N–H and O–H groups in total. The Labute approximate surface area is 89.6 Å². The van der Waals surface area contributed by atoms with Crippen molar-refractivity contribution in [1.29, 1.82) is 0 Å². The minimum atomic E-state index is -0.330. The van der Waals surface area contributed by atoms with Crippen LogP contribution in [-0.2, 0) is 14.3 Å². The standard InChI is InChI=1S/C11H15NO3/c1-3-10(13)12-7-5-4-6-9(12)8-11(14)15-2/h1,9H,4-8H2,2H3. The highest BCUT2D eigenvalue weighted by Gasteiger charge is 2.27. The van der Waals surface area contributed by atoms with E-state index in [2.05, 4.69) is 10.7 Å². The van der Waals surface area contributed by atoms with Crippen LogP contribution in [0.25, 0.3) is 0 Å². The van der Waals surface area contributed by atoms with E-state index in [0.29, 0.717) is 6.54 Å². The van der Waals surface area contributed by atoms with Gasteiger partial charge in [-0.3, -0.25) is 9.59 Å². The van der Waals surface area contributed by atoms with E-state index in [0.717, 1.165) is 19.3 Å². The fourth-order valence-corrected chi connectivity index (χ4v) is 1.84. The Kier molecular flexibility index (Phi) is 4.17. The molecule has 1 unspecified atom stereocenters. The van der Waals surface area contributed by atoms with E-state index >= 15 is 0 Å². The molecule has 0 saturated carbocycles. The van der Waals surface area contributed by atoms with Crippen molar-refractivity contribution in [2.45, 2.75) is 31.7 Å². The summed E-state index contributed by atoms with van der Waals surface area (Å²) in [5, 5.41) is 0. The van der Waals surface area contributed by atoms with Gasteiger partial charge >= 0.3 is 5.97 Å². The van der Waals surface area contributed by atoms with Crippen LogP contribution in [0.3, 0.4) is 0 Å². The molecule has 15 heavy (non-hydrogen) atoms. The number of carbonyl (C=O) groups excluding carboxylic acids is 2. The van der Waals surface area contributed by atoms with E-state index in [-0.39, 0.29) is 24.3 Å². The average Bonchev–Trinajstić information content (AvgIpc) is 2.28. The van der Waals surface area contributed by atoms with Crippen molar-refractivity contribution >= 4 is 11.9 Å². The van der Waals surface area contributed by atoms with Crippen molar-refractivity contribution in [3.05, 3.63) is 0 Å². The van der Waals surface area contributed by atoms with Gasteiger partial charge in [0.05, 0.1) is 13.5 Å². The molecule has 1 aliphatic rings. The number of hydrogen-bond acceptors (Lipinski definition) is 3. The monoisotopic (exact) mass is 209 g/mol. The van der Waals surface area contributed by atoms with Crippen LogP contribution in [0, 0.1) is 12.3 Å². The van der Waals surface area contributed by atoms with Gasteiger partial charge in [0, 0.05) is 12.6 Å². The largest absolute Gasteiger partial charge is 0.469 e. The van der Waals surface area contributed by atoms with Gasteiger partial charge in [-0.15, -0.1) is 6.42 Å². The first-order chi connectivity index (χ1) is 7.19. The fourth-order valence-electron chi connectivity index (χ4n) is 1.84. The van der Waals surface area contributed by atoms with Crippen molar-refractivity contribution in [3.8, 4) is 12.3 Å². The second-order valence-electron chi connectivity index (χ2n) is 3.57. The van der Waals surface area contributed by atoms with Gasteiger partial charge in [-0.05, 0) is 25.2 Å². The van der Waals surface area contributed by atoms with E-state index < -0.39 is 0 Å².